The molecule has 4 bridgehead atoms. The summed E-state index contributed by atoms with van der Waals surface area (Å²) in [5.41, 5.74) is 9.60. The van der Waals surface area contributed by atoms with Crippen LogP contribution < -0.4 is 0 Å². The summed E-state index contributed by atoms with van der Waals surface area (Å²) >= 11 is 6.76. The fourth-order valence-corrected chi connectivity index (χ4v) is 9.55. The van der Waals surface area contributed by atoms with Crippen molar-refractivity contribution in [1.29, 1.82) is 0 Å². The predicted octanol–water partition coefficient (Wildman–Crippen LogP) is 8.21. The Morgan fingerprint density at radius 2 is 1.64 bits per heavy atom. The smallest absolute Gasteiger partial charge is 0.116 e. The van der Waals surface area contributed by atoms with Gasteiger partial charge in [-0.3, -0.25) is 0 Å². The van der Waals surface area contributed by atoms with Crippen LogP contribution in [0.5, 0.6) is 0 Å². The highest BCUT2D eigenvalue weighted by Crippen LogP contribution is 2.71. The van der Waals surface area contributed by atoms with Gasteiger partial charge in [0.15, 0.2) is 0 Å². The Bertz CT molecular complexity index is 1320. The maximum atomic E-state index is 6.76. The van der Waals surface area contributed by atoms with Gasteiger partial charge in [0.1, 0.15) is 7.28 Å². The van der Waals surface area contributed by atoms with Crippen molar-refractivity contribution in [3.05, 3.63) is 76.2 Å². The molecule has 0 amide bonds. The van der Waals surface area contributed by atoms with Crippen LogP contribution in [-0.4, -0.2) is 7.28 Å². The average molecular weight is 449 g/mol. The third-order valence-corrected chi connectivity index (χ3v) is 10.5. The van der Waals surface area contributed by atoms with Gasteiger partial charge >= 0.3 is 0 Å². The number of allylic oxidation sites excluding steroid dienone is 1. The Balaban J connectivity index is 1.53. The summed E-state index contributed by atoms with van der Waals surface area (Å²) in [6, 6.07) is 18.7. The van der Waals surface area contributed by atoms with Crippen LogP contribution in [0.15, 0.2) is 54.5 Å². The highest BCUT2D eigenvalue weighted by atomic mass is 35.5. The minimum Gasteiger partial charge on any atom is -0.116 e. The Hall–Kier alpha value is -1.99. The van der Waals surface area contributed by atoms with E-state index in [1.165, 1.54) is 80.4 Å². The lowest BCUT2D eigenvalue weighted by atomic mass is 9.43. The number of rotatable bonds is 1. The van der Waals surface area contributed by atoms with E-state index in [1.54, 1.807) is 22.3 Å². The van der Waals surface area contributed by atoms with Gasteiger partial charge in [-0.1, -0.05) is 60.2 Å². The quantitative estimate of drug-likeness (QED) is 0.329. The second kappa shape index (κ2) is 6.79. The Kier molecular flexibility index (Phi) is 3.98. The topological polar surface area (TPSA) is 0 Å². The van der Waals surface area contributed by atoms with E-state index in [9.17, 15) is 0 Å². The molecular weight excluding hydrogens is 419 g/mol. The van der Waals surface area contributed by atoms with Crippen molar-refractivity contribution in [2.45, 2.75) is 56.7 Å². The van der Waals surface area contributed by atoms with Crippen LogP contribution in [0.1, 0.15) is 61.6 Å². The molecule has 9 rings (SSSR count). The van der Waals surface area contributed by atoms with Crippen LogP contribution in [0.25, 0.3) is 27.5 Å². The molecule has 0 radical (unpaired) electrons. The summed E-state index contributed by atoms with van der Waals surface area (Å²) in [7, 11) is 1.23. The lowest BCUT2D eigenvalue weighted by Crippen LogP contribution is -2.55. The third-order valence-electron chi connectivity index (χ3n) is 10.2. The van der Waals surface area contributed by atoms with Gasteiger partial charge in [0.25, 0.3) is 0 Å². The summed E-state index contributed by atoms with van der Waals surface area (Å²) in [6.07, 6.45) is 11.0. The molecule has 3 aromatic rings. The molecule has 4 saturated carbocycles. The summed E-state index contributed by atoms with van der Waals surface area (Å²) in [4.78, 5) is 0. The molecule has 0 nitrogen and oxygen atoms in total. The van der Waals surface area contributed by atoms with E-state index in [0.29, 0.717) is 0 Å². The van der Waals surface area contributed by atoms with Crippen LogP contribution >= 0.6 is 11.6 Å². The molecule has 0 unspecified atom stereocenters. The molecule has 0 atom stereocenters. The molecule has 1 heterocycles. The van der Waals surface area contributed by atoms with Crippen molar-refractivity contribution in [2.24, 2.45) is 23.7 Å². The molecule has 5 aliphatic carbocycles. The first-order valence-corrected chi connectivity index (χ1v) is 13.7. The first-order chi connectivity index (χ1) is 16.2. The van der Waals surface area contributed by atoms with E-state index >= 15 is 0 Å². The monoisotopic (exact) mass is 448 g/mol. The third kappa shape index (κ3) is 2.45. The summed E-state index contributed by atoms with van der Waals surface area (Å²) in [6.45, 7) is 0. The predicted molar refractivity (Wildman–Crippen MR) is 141 cm³/mol. The molecular formula is C31H30BCl. The number of fused-ring (bicyclic) bond motifs is 5. The summed E-state index contributed by atoms with van der Waals surface area (Å²) in [5.74, 6) is 6.00. The van der Waals surface area contributed by atoms with Crippen LogP contribution in [0, 0.1) is 23.7 Å². The van der Waals surface area contributed by atoms with Crippen LogP contribution in [0.4, 0.5) is 0 Å². The lowest BCUT2D eigenvalue weighted by molar-refractivity contribution is -0.0393. The maximum absolute atomic E-state index is 6.76. The summed E-state index contributed by atoms with van der Waals surface area (Å²) in [5, 5.41) is 3.86. The molecule has 0 N–H and O–H groups in total. The van der Waals surface area contributed by atoms with Crippen molar-refractivity contribution in [2.75, 3.05) is 0 Å². The highest BCUT2D eigenvalue weighted by molar-refractivity contribution is 6.44. The fourth-order valence-electron chi connectivity index (χ4n) is 9.38. The van der Waals surface area contributed by atoms with Gasteiger partial charge in [0, 0.05) is 10.4 Å². The number of halogens is 1. The van der Waals surface area contributed by atoms with Gasteiger partial charge in [0.2, 0.25) is 0 Å². The molecule has 4 fully saturated rings. The van der Waals surface area contributed by atoms with Crippen LogP contribution in [-0.2, 0) is 5.41 Å². The number of hydrogen-bond acceptors (Lipinski definition) is 0. The number of benzene rings is 3. The molecule has 1 aliphatic heterocycles. The molecule has 2 heteroatoms. The van der Waals surface area contributed by atoms with Crippen molar-refractivity contribution in [1.82, 2.24) is 0 Å². The van der Waals surface area contributed by atoms with Crippen molar-refractivity contribution < 1.29 is 0 Å². The van der Waals surface area contributed by atoms with Crippen LogP contribution in [0.3, 0.4) is 0 Å². The molecule has 0 saturated heterocycles. The zero-order valence-electron chi connectivity index (χ0n) is 19.2. The van der Waals surface area contributed by atoms with Gasteiger partial charge < -0.3 is 0 Å². The van der Waals surface area contributed by atoms with E-state index in [-0.39, 0.29) is 5.41 Å². The van der Waals surface area contributed by atoms with Crippen molar-refractivity contribution >= 4 is 35.2 Å². The molecule has 0 aromatic heterocycles. The highest BCUT2D eigenvalue weighted by Gasteiger charge is 2.62. The van der Waals surface area contributed by atoms with E-state index in [0.717, 1.165) is 28.7 Å². The molecule has 6 aliphatic rings. The van der Waals surface area contributed by atoms with Crippen LogP contribution in [0.2, 0.25) is 11.3 Å². The Morgan fingerprint density at radius 3 is 2.39 bits per heavy atom. The lowest BCUT2D eigenvalue weighted by Gasteiger charge is -2.61. The molecule has 3 aromatic carbocycles. The van der Waals surface area contributed by atoms with E-state index in [1.807, 2.05) is 0 Å². The molecule has 164 valence electrons. The van der Waals surface area contributed by atoms with E-state index in [4.69, 9.17) is 11.6 Å². The van der Waals surface area contributed by atoms with Crippen molar-refractivity contribution in [3.8, 4) is 11.1 Å². The Labute approximate surface area is 202 Å². The summed E-state index contributed by atoms with van der Waals surface area (Å²) < 4.78 is 0. The van der Waals surface area contributed by atoms with Gasteiger partial charge in [-0.25, -0.2) is 0 Å². The zero-order chi connectivity index (χ0) is 21.7. The fraction of sp³-hybridized carbons (Fsp3) is 0.419. The second-order valence-electron chi connectivity index (χ2n) is 11.7. The standard InChI is InChI=1S/C31H30BCl/c33-24-7-8-26-28(16-24)31(22-11-18-10-19(13-22)14-23(31)12-18)30-25-6-2-1-4-20(25)15-27(29(26)30)21-5-3-9-32-17-21/h1-2,4,6-8,15-19,22-23,32H,3,5,9-14H2. The normalized spacial score (nSPS) is 33.2. The maximum Gasteiger partial charge on any atom is 0.148 e. The number of hydrogen-bond donors (Lipinski definition) is 0. The van der Waals surface area contributed by atoms with Crippen molar-refractivity contribution in [3.63, 3.8) is 0 Å². The SMILES string of the molecule is Clc1ccc2c(c1)C1(c3c-2c(C2=CBCCC2)cc2ccccc32)C2CC3CC(C2)CC1C3. The molecule has 33 heavy (non-hydrogen) atoms. The minimum absolute atomic E-state index is 0.161. The first kappa shape index (κ1) is 19.3. The average Bonchev–Trinajstić information content (AvgIpc) is 3.13. The van der Waals surface area contributed by atoms with Gasteiger partial charge in [-0.2, -0.15) is 0 Å². The first-order valence-electron chi connectivity index (χ1n) is 13.3. The Morgan fingerprint density at radius 1 is 0.848 bits per heavy atom. The molecule has 1 spiro atoms. The van der Waals surface area contributed by atoms with E-state index in [2.05, 4.69) is 54.5 Å². The van der Waals surface area contributed by atoms with E-state index < -0.39 is 0 Å². The van der Waals surface area contributed by atoms with Gasteiger partial charge in [-0.05, 0) is 119 Å². The minimum atomic E-state index is 0.161. The second-order valence-corrected chi connectivity index (χ2v) is 12.2. The van der Waals surface area contributed by atoms with Gasteiger partial charge in [0.05, 0.1) is 0 Å². The largest absolute Gasteiger partial charge is 0.148 e. The van der Waals surface area contributed by atoms with Gasteiger partial charge in [-0.15, -0.1) is 5.98 Å². The zero-order valence-corrected chi connectivity index (χ0v) is 20.0.